The quantitative estimate of drug-likeness (QED) is 0.539. The number of rotatable bonds is 6. The Balaban J connectivity index is 0.00000162. The van der Waals surface area contributed by atoms with Crippen molar-refractivity contribution >= 4 is 24.8 Å². The van der Waals surface area contributed by atoms with Crippen molar-refractivity contribution in [3.05, 3.63) is 67.3 Å². The third kappa shape index (κ3) is 5.06. The molecule has 0 saturated heterocycles. The third-order valence-corrected chi connectivity index (χ3v) is 7.15. The molecule has 0 bridgehead atoms. The van der Waals surface area contributed by atoms with Crippen LogP contribution in [0, 0.1) is 0 Å². The zero-order chi connectivity index (χ0) is 12.1. The van der Waals surface area contributed by atoms with Crippen LogP contribution in [0.2, 0.25) is 0 Å². The molecule has 0 aliphatic heterocycles. The largest absolute Gasteiger partial charge is 0.147 e. The fraction of sp³-hybridized carbons (Fsp3) is 0.250. The molecule has 3 heteroatoms. The summed E-state index contributed by atoms with van der Waals surface area (Å²) in [5.41, 5.74) is 3.09. The normalized spacial score (nSPS) is 16.2. The van der Waals surface area contributed by atoms with Crippen LogP contribution in [0.4, 0.5) is 0 Å². The predicted octanol–water partition coefficient (Wildman–Crippen LogP) is 5.49. The molecule has 0 aromatic rings. The van der Waals surface area contributed by atoms with Gasteiger partial charge in [-0.2, -0.15) is 0 Å². The molecule has 0 aromatic carbocycles. The van der Waals surface area contributed by atoms with Crippen molar-refractivity contribution in [2.45, 2.75) is 25.7 Å². The minimum absolute atomic E-state index is 0. The van der Waals surface area contributed by atoms with E-state index in [1.807, 2.05) is 12.2 Å². The molecule has 2 aliphatic rings. The molecule has 0 amide bonds. The summed E-state index contributed by atoms with van der Waals surface area (Å²) in [7, 11) is 0. The van der Waals surface area contributed by atoms with Crippen LogP contribution < -0.4 is 0 Å². The zero-order valence-corrected chi connectivity index (χ0v) is 15.1. The van der Waals surface area contributed by atoms with Gasteiger partial charge in [-0.15, -0.1) is 24.8 Å². The fourth-order valence-electron chi connectivity index (χ4n) is 2.24. The molecule has 0 unspecified atom stereocenters. The van der Waals surface area contributed by atoms with Crippen LogP contribution in [0.15, 0.2) is 67.3 Å². The number of allylic oxidation sites excluding steroid dienone is 10. The Bertz CT molecular complexity index is 411. The minimum atomic E-state index is -0.538. The van der Waals surface area contributed by atoms with E-state index in [1.54, 1.807) is 17.7 Å². The Morgan fingerprint density at radius 3 is 1.68 bits per heavy atom. The summed E-state index contributed by atoms with van der Waals surface area (Å²) in [4.78, 5) is 0. The van der Waals surface area contributed by atoms with Gasteiger partial charge in [0.15, 0.2) is 0 Å². The van der Waals surface area contributed by atoms with E-state index in [-0.39, 0.29) is 24.8 Å². The first kappa shape index (κ1) is 18.9. The van der Waals surface area contributed by atoms with Gasteiger partial charge in [0.1, 0.15) is 0 Å². The summed E-state index contributed by atoms with van der Waals surface area (Å²) in [5, 5.41) is 0. The van der Waals surface area contributed by atoms with Crippen molar-refractivity contribution in [1.82, 2.24) is 0 Å². The van der Waals surface area contributed by atoms with Crippen LogP contribution >= 0.6 is 24.8 Å². The second-order valence-corrected chi connectivity index (χ2v) is 7.91. The van der Waals surface area contributed by atoms with Gasteiger partial charge in [-0.25, -0.2) is 0 Å². The van der Waals surface area contributed by atoms with E-state index in [0.29, 0.717) is 0 Å². The van der Waals surface area contributed by atoms with Crippen LogP contribution in [0.25, 0.3) is 0 Å². The van der Waals surface area contributed by atoms with E-state index < -0.39 is 23.2 Å². The van der Waals surface area contributed by atoms with E-state index in [9.17, 15) is 0 Å². The van der Waals surface area contributed by atoms with Crippen molar-refractivity contribution in [3.8, 4) is 0 Å². The molecule has 0 atom stereocenters. The second-order valence-electron chi connectivity index (χ2n) is 4.33. The Labute approximate surface area is 140 Å². The maximum atomic E-state index is 3.85. The molecule has 0 saturated carbocycles. The molecule has 0 radical (unpaired) electrons. The average molecular weight is 374 g/mol. The molecule has 2 aliphatic carbocycles. The minimum Gasteiger partial charge on any atom is -0.147 e. The Morgan fingerprint density at radius 2 is 1.32 bits per heavy atom. The topological polar surface area (TPSA) is 0 Å². The maximum absolute atomic E-state index is 3.85. The summed E-state index contributed by atoms with van der Waals surface area (Å²) in [6.45, 7) is 7.70. The van der Waals surface area contributed by atoms with Crippen molar-refractivity contribution in [3.63, 3.8) is 0 Å². The van der Waals surface area contributed by atoms with Crippen LogP contribution in [0.1, 0.15) is 25.7 Å². The first-order valence-electron chi connectivity index (χ1n) is 6.11. The molecule has 19 heavy (non-hydrogen) atoms. The molecule has 102 valence electrons. The molecule has 2 rings (SSSR count). The Morgan fingerprint density at radius 1 is 0.895 bits per heavy atom. The summed E-state index contributed by atoms with van der Waals surface area (Å²) < 4.78 is 3.49. The van der Waals surface area contributed by atoms with Gasteiger partial charge in [0.05, 0.1) is 0 Å². The molecule has 0 N–H and O–H groups in total. The molecular weight excluding hydrogens is 354 g/mol. The van der Waals surface area contributed by atoms with Crippen molar-refractivity contribution in [2.75, 3.05) is 0 Å². The number of hydrogen-bond donors (Lipinski definition) is 0. The first-order chi connectivity index (χ1) is 8.35. The van der Waals surface area contributed by atoms with Gasteiger partial charge < -0.3 is 0 Å². The number of halogens is 2. The predicted molar refractivity (Wildman–Crippen MR) is 85.7 cm³/mol. The number of hydrogen-bond acceptors (Lipinski definition) is 0. The monoisotopic (exact) mass is 372 g/mol. The van der Waals surface area contributed by atoms with E-state index in [1.165, 1.54) is 12.8 Å². The van der Waals surface area contributed by atoms with E-state index in [4.69, 9.17) is 0 Å². The van der Waals surface area contributed by atoms with Crippen molar-refractivity contribution < 1.29 is 23.2 Å². The summed E-state index contributed by atoms with van der Waals surface area (Å²) >= 11 is -0.538. The van der Waals surface area contributed by atoms with Crippen molar-refractivity contribution in [1.29, 1.82) is 0 Å². The van der Waals surface area contributed by atoms with Gasteiger partial charge in [0.2, 0.25) is 0 Å². The molecule has 0 spiro atoms. The van der Waals surface area contributed by atoms with E-state index >= 15 is 0 Å². The van der Waals surface area contributed by atoms with Crippen LogP contribution in [-0.2, 0) is 23.2 Å². The molecule has 0 fully saturated rings. The standard InChI is InChI=1S/2C8H9.2ClH.Zr/c2*1-2-5-8-6-3-4-7-8;;;/h2*2-3,6H,1,4-5H2;2*1H;. The average Bonchev–Trinajstić information content (AvgIpc) is 2.92. The summed E-state index contributed by atoms with van der Waals surface area (Å²) in [5.74, 6) is 0. The first-order valence-corrected chi connectivity index (χ1v) is 8.57. The van der Waals surface area contributed by atoms with Crippen LogP contribution in [0.3, 0.4) is 0 Å². The molecule has 0 aromatic heterocycles. The van der Waals surface area contributed by atoms with Gasteiger partial charge in [0.25, 0.3) is 0 Å². The maximum Gasteiger partial charge on any atom is -0.147 e. The Hall–Kier alpha value is -0.0969. The van der Waals surface area contributed by atoms with Gasteiger partial charge in [-0.05, 0) is 0 Å². The fourth-order valence-corrected chi connectivity index (χ4v) is 5.92. The van der Waals surface area contributed by atoms with Crippen LogP contribution in [0.5, 0.6) is 0 Å². The van der Waals surface area contributed by atoms with Crippen LogP contribution in [-0.4, -0.2) is 0 Å². The van der Waals surface area contributed by atoms with Gasteiger partial charge in [-0.3, -0.25) is 0 Å². The van der Waals surface area contributed by atoms with Gasteiger partial charge in [0, 0.05) is 0 Å². The van der Waals surface area contributed by atoms with E-state index in [0.717, 1.165) is 12.8 Å². The Kier molecular flexibility index (Phi) is 9.70. The van der Waals surface area contributed by atoms with E-state index in [2.05, 4.69) is 37.5 Å². The molecular formula is C16H20Cl2Zr. The SMILES string of the molecule is C=CCC1=[C]([Zr][C]2=C(CC=C)C=CC2)CC=C1.Cl.Cl. The third-order valence-electron chi connectivity index (χ3n) is 3.09. The molecule has 0 heterocycles. The van der Waals surface area contributed by atoms with Crippen molar-refractivity contribution in [2.24, 2.45) is 0 Å². The second kappa shape index (κ2) is 9.75. The molecule has 0 nitrogen and oxygen atoms in total. The van der Waals surface area contributed by atoms with Gasteiger partial charge in [-0.1, -0.05) is 0 Å². The summed E-state index contributed by atoms with van der Waals surface area (Å²) in [6.07, 6.45) is 17.7. The zero-order valence-electron chi connectivity index (χ0n) is 11.0. The van der Waals surface area contributed by atoms with Gasteiger partial charge >= 0.3 is 116 Å². The summed E-state index contributed by atoms with van der Waals surface area (Å²) in [6, 6.07) is 0. The smallest absolute Gasteiger partial charge is 0.147 e.